The first kappa shape index (κ1) is 14.8. The van der Waals surface area contributed by atoms with Gasteiger partial charge in [0.2, 0.25) is 11.8 Å². The molecule has 0 spiro atoms. The monoisotopic (exact) mass is 289 g/mol. The standard InChI is InChI=1S/C11H12BN5O4/c1-11(2,6-13)10(18)15-7-5-17-8(14-7)3-4-9(16-17)21-12(19)20/h3-5,19-20H,1-2H3,(H,15,18). The molecule has 0 radical (unpaired) electrons. The molecule has 108 valence electrons. The first-order chi connectivity index (χ1) is 9.81. The maximum atomic E-state index is 11.9. The van der Waals surface area contributed by atoms with Gasteiger partial charge in [-0.1, -0.05) is 0 Å². The highest BCUT2D eigenvalue weighted by Gasteiger charge is 2.27. The second-order valence-electron chi connectivity index (χ2n) is 4.74. The second kappa shape index (κ2) is 5.39. The van der Waals surface area contributed by atoms with Crippen LogP contribution in [0.1, 0.15) is 13.8 Å². The van der Waals surface area contributed by atoms with Crippen LogP contribution in [0.3, 0.4) is 0 Å². The summed E-state index contributed by atoms with van der Waals surface area (Å²) in [5.41, 5.74) is -0.766. The number of carbonyl (C=O) groups excluding carboxylic acids is 1. The van der Waals surface area contributed by atoms with Crippen molar-refractivity contribution in [2.24, 2.45) is 5.41 Å². The number of nitriles is 1. The number of amides is 1. The van der Waals surface area contributed by atoms with Crippen molar-refractivity contribution in [1.82, 2.24) is 14.6 Å². The van der Waals surface area contributed by atoms with Gasteiger partial charge in [0.25, 0.3) is 0 Å². The number of imidazole rings is 1. The predicted molar refractivity (Wildman–Crippen MR) is 71.8 cm³/mol. The number of hydrogen-bond acceptors (Lipinski definition) is 7. The molecule has 0 bridgehead atoms. The summed E-state index contributed by atoms with van der Waals surface area (Å²) in [6.07, 6.45) is 1.41. The first-order valence-corrected chi connectivity index (χ1v) is 5.94. The zero-order valence-corrected chi connectivity index (χ0v) is 11.3. The number of hydrogen-bond donors (Lipinski definition) is 3. The van der Waals surface area contributed by atoms with E-state index in [0.717, 1.165) is 0 Å². The highest BCUT2D eigenvalue weighted by Crippen LogP contribution is 2.18. The van der Waals surface area contributed by atoms with Crippen LogP contribution >= 0.6 is 0 Å². The van der Waals surface area contributed by atoms with Gasteiger partial charge in [-0.2, -0.15) is 5.26 Å². The molecule has 1 amide bonds. The van der Waals surface area contributed by atoms with Crippen LogP contribution in [0, 0.1) is 16.7 Å². The van der Waals surface area contributed by atoms with Gasteiger partial charge in [-0.05, 0) is 19.9 Å². The van der Waals surface area contributed by atoms with Crippen LogP contribution < -0.4 is 9.97 Å². The molecule has 10 heteroatoms. The van der Waals surface area contributed by atoms with E-state index in [4.69, 9.17) is 15.3 Å². The molecule has 2 heterocycles. The lowest BCUT2D eigenvalue weighted by Crippen LogP contribution is -2.29. The third kappa shape index (κ3) is 3.28. The zero-order chi connectivity index (χ0) is 15.6. The molecule has 0 atom stereocenters. The smallest absolute Gasteiger partial charge is 0.497 e. The fourth-order valence-electron chi connectivity index (χ4n) is 1.42. The van der Waals surface area contributed by atoms with E-state index in [1.165, 1.54) is 36.7 Å². The van der Waals surface area contributed by atoms with Crippen molar-refractivity contribution in [1.29, 1.82) is 5.26 Å². The summed E-state index contributed by atoms with van der Waals surface area (Å²) in [5.74, 6) is -0.293. The Morgan fingerprint density at radius 3 is 2.86 bits per heavy atom. The van der Waals surface area contributed by atoms with Crippen LogP contribution in [-0.4, -0.2) is 37.9 Å². The normalized spacial score (nSPS) is 11.0. The number of nitrogens with zero attached hydrogens (tertiary/aromatic N) is 4. The summed E-state index contributed by atoms with van der Waals surface area (Å²) in [5, 5.41) is 32.7. The van der Waals surface area contributed by atoms with Gasteiger partial charge in [-0.3, -0.25) is 4.79 Å². The highest BCUT2D eigenvalue weighted by atomic mass is 16.6. The summed E-state index contributed by atoms with van der Waals surface area (Å²) < 4.78 is 5.90. The minimum Gasteiger partial charge on any atom is -0.497 e. The molecule has 0 saturated heterocycles. The van der Waals surface area contributed by atoms with Gasteiger partial charge in [-0.25, -0.2) is 9.50 Å². The summed E-state index contributed by atoms with van der Waals surface area (Å²) >= 11 is 0. The van der Waals surface area contributed by atoms with Gasteiger partial charge < -0.3 is 20.0 Å². The Bertz CT molecular complexity index is 721. The van der Waals surface area contributed by atoms with Crippen LogP contribution in [0.15, 0.2) is 18.3 Å². The second-order valence-corrected chi connectivity index (χ2v) is 4.74. The number of nitrogens with one attached hydrogen (secondary N) is 1. The van der Waals surface area contributed by atoms with E-state index in [1.807, 2.05) is 6.07 Å². The van der Waals surface area contributed by atoms with Crippen LogP contribution in [-0.2, 0) is 4.79 Å². The van der Waals surface area contributed by atoms with Gasteiger partial charge in [-0.15, -0.1) is 5.10 Å². The van der Waals surface area contributed by atoms with Crippen LogP contribution in [0.2, 0.25) is 0 Å². The molecule has 9 nitrogen and oxygen atoms in total. The third-order valence-electron chi connectivity index (χ3n) is 2.61. The topological polar surface area (TPSA) is 133 Å². The van der Waals surface area contributed by atoms with Crippen molar-refractivity contribution < 1.29 is 19.5 Å². The third-order valence-corrected chi connectivity index (χ3v) is 2.61. The number of fused-ring (bicyclic) bond motifs is 1. The van der Waals surface area contributed by atoms with Crippen molar-refractivity contribution in [3.05, 3.63) is 18.3 Å². The quantitative estimate of drug-likeness (QED) is 0.650. The Hall–Kier alpha value is -2.64. The van der Waals surface area contributed by atoms with Crippen LogP contribution in [0.5, 0.6) is 5.88 Å². The van der Waals surface area contributed by atoms with Gasteiger partial charge in [0.05, 0.1) is 12.3 Å². The molecule has 2 aromatic heterocycles. The summed E-state index contributed by atoms with van der Waals surface area (Å²) in [6.45, 7) is 2.98. The lowest BCUT2D eigenvalue weighted by Gasteiger charge is -2.12. The summed E-state index contributed by atoms with van der Waals surface area (Å²) in [6, 6.07) is 4.81. The van der Waals surface area contributed by atoms with Crippen molar-refractivity contribution in [3.63, 3.8) is 0 Å². The molecule has 0 unspecified atom stereocenters. The molecular formula is C11H12BN5O4. The average molecular weight is 289 g/mol. The largest absolute Gasteiger partial charge is 0.708 e. The lowest BCUT2D eigenvalue weighted by atomic mass is 9.95. The first-order valence-electron chi connectivity index (χ1n) is 5.94. The van der Waals surface area contributed by atoms with Crippen LogP contribution in [0.25, 0.3) is 5.65 Å². The van der Waals surface area contributed by atoms with Gasteiger partial charge >= 0.3 is 7.32 Å². The van der Waals surface area contributed by atoms with E-state index in [1.54, 1.807) is 0 Å². The minimum atomic E-state index is -1.98. The number of anilines is 1. The predicted octanol–water partition coefficient (Wildman–Crippen LogP) is -0.434. The SMILES string of the molecule is CC(C)(C#N)C(=O)Nc1cn2nc(OB(O)O)ccc2n1. The van der Waals surface area contributed by atoms with Crippen molar-refractivity contribution in [2.45, 2.75) is 13.8 Å². The number of carbonyl (C=O) groups is 1. The van der Waals surface area contributed by atoms with Crippen molar-refractivity contribution >= 4 is 24.7 Å². The molecule has 0 aliphatic carbocycles. The molecule has 2 aromatic rings. The van der Waals surface area contributed by atoms with E-state index >= 15 is 0 Å². The number of aromatic nitrogens is 3. The number of rotatable bonds is 4. The highest BCUT2D eigenvalue weighted by molar-refractivity contribution is 6.33. The van der Waals surface area contributed by atoms with Crippen molar-refractivity contribution in [2.75, 3.05) is 5.32 Å². The van der Waals surface area contributed by atoms with Gasteiger partial charge in [0.15, 0.2) is 11.5 Å². The maximum absolute atomic E-state index is 11.9. The Morgan fingerprint density at radius 1 is 1.52 bits per heavy atom. The Kier molecular flexibility index (Phi) is 3.79. The van der Waals surface area contributed by atoms with E-state index < -0.39 is 18.6 Å². The summed E-state index contributed by atoms with van der Waals surface area (Å²) in [7, 11) is -1.98. The van der Waals surface area contributed by atoms with Crippen LogP contribution in [0.4, 0.5) is 5.82 Å². The molecule has 0 fully saturated rings. The van der Waals surface area contributed by atoms with Gasteiger partial charge in [0, 0.05) is 6.07 Å². The molecule has 3 N–H and O–H groups in total. The van der Waals surface area contributed by atoms with E-state index in [2.05, 4.69) is 20.1 Å². The maximum Gasteiger partial charge on any atom is 0.708 e. The molecule has 0 aromatic carbocycles. The van der Waals surface area contributed by atoms with E-state index in [-0.39, 0.29) is 11.7 Å². The zero-order valence-electron chi connectivity index (χ0n) is 11.3. The minimum absolute atomic E-state index is 0.0230. The molecule has 21 heavy (non-hydrogen) atoms. The van der Waals surface area contributed by atoms with E-state index in [0.29, 0.717) is 5.65 Å². The Balaban J connectivity index is 2.23. The lowest BCUT2D eigenvalue weighted by molar-refractivity contribution is -0.121. The Morgan fingerprint density at radius 2 is 2.24 bits per heavy atom. The average Bonchev–Trinajstić information content (AvgIpc) is 2.79. The summed E-state index contributed by atoms with van der Waals surface area (Å²) in [4.78, 5) is 16.0. The fraction of sp³-hybridized carbons (Fsp3) is 0.273. The van der Waals surface area contributed by atoms with Gasteiger partial charge in [0.1, 0.15) is 5.41 Å². The van der Waals surface area contributed by atoms with E-state index in [9.17, 15) is 4.79 Å². The molecular weight excluding hydrogens is 277 g/mol. The fourth-order valence-corrected chi connectivity index (χ4v) is 1.42. The van der Waals surface area contributed by atoms with Crippen molar-refractivity contribution in [3.8, 4) is 11.9 Å². The molecule has 0 aliphatic rings. The Labute approximate surface area is 120 Å². The molecule has 2 rings (SSSR count). The molecule has 0 saturated carbocycles. The molecule has 0 aliphatic heterocycles.